The molecule has 1 saturated heterocycles. The molecular weight excluding hydrogens is 352 g/mol. The van der Waals surface area contributed by atoms with Crippen LogP contribution in [0.15, 0.2) is 29.3 Å². The number of methoxy groups -OCH3 is 1. The first-order valence-corrected chi connectivity index (χ1v) is 10.8. The van der Waals surface area contributed by atoms with Crippen molar-refractivity contribution in [1.29, 1.82) is 0 Å². The summed E-state index contributed by atoms with van der Waals surface area (Å²) < 4.78 is 10.7. The van der Waals surface area contributed by atoms with Gasteiger partial charge >= 0.3 is 0 Å². The van der Waals surface area contributed by atoms with Crippen molar-refractivity contribution in [2.75, 3.05) is 46.5 Å². The Labute approximate surface area is 169 Å². The number of nitrogens with one attached hydrogen (secondary N) is 2. The van der Waals surface area contributed by atoms with Gasteiger partial charge in [-0.05, 0) is 62.8 Å². The Kier molecular flexibility index (Phi) is 8.42. The largest absolute Gasteiger partial charge is 0.497 e. The van der Waals surface area contributed by atoms with Crippen molar-refractivity contribution in [1.82, 2.24) is 15.5 Å². The van der Waals surface area contributed by atoms with Crippen molar-refractivity contribution >= 4 is 5.96 Å². The van der Waals surface area contributed by atoms with Crippen LogP contribution in [0.5, 0.6) is 5.75 Å². The zero-order chi connectivity index (χ0) is 19.6. The van der Waals surface area contributed by atoms with Gasteiger partial charge < -0.3 is 25.0 Å². The third-order valence-corrected chi connectivity index (χ3v) is 5.48. The van der Waals surface area contributed by atoms with Crippen molar-refractivity contribution in [3.05, 3.63) is 29.8 Å². The van der Waals surface area contributed by atoms with Crippen LogP contribution in [0.25, 0.3) is 0 Å². The summed E-state index contributed by atoms with van der Waals surface area (Å²) in [6, 6.07) is 8.99. The molecule has 6 heteroatoms. The Bertz CT molecular complexity index is 601. The molecule has 1 heterocycles. The summed E-state index contributed by atoms with van der Waals surface area (Å²) >= 11 is 0. The smallest absolute Gasteiger partial charge is 0.191 e. The minimum atomic E-state index is 0.656. The van der Waals surface area contributed by atoms with Gasteiger partial charge in [0.15, 0.2) is 5.96 Å². The summed E-state index contributed by atoms with van der Waals surface area (Å²) in [6.45, 7) is 8.60. The molecule has 1 aliphatic carbocycles. The second-order valence-electron chi connectivity index (χ2n) is 7.75. The third-order valence-electron chi connectivity index (χ3n) is 5.48. The summed E-state index contributed by atoms with van der Waals surface area (Å²) in [5.41, 5.74) is 1.18. The van der Waals surface area contributed by atoms with E-state index in [-0.39, 0.29) is 0 Å². The number of hydrogen-bond donors (Lipinski definition) is 2. The molecule has 0 bridgehead atoms. The van der Waals surface area contributed by atoms with Crippen molar-refractivity contribution in [3.63, 3.8) is 0 Å². The van der Waals surface area contributed by atoms with Gasteiger partial charge in [-0.3, -0.25) is 0 Å². The minimum Gasteiger partial charge on any atom is -0.497 e. The highest BCUT2D eigenvalue weighted by atomic mass is 16.5. The molecule has 156 valence electrons. The second-order valence-corrected chi connectivity index (χ2v) is 7.75. The Morgan fingerprint density at radius 1 is 1.18 bits per heavy atom. The number of benzene rings is 1. The summed E-state index contributed by atoms with van der Waals surface area (Å²) in [5.74, 6) is 2.50. The van der Waals surface area contributed by atoms with E-state index in [0.29, 0.717) is 6.54 Å². The molecule has 0 aromatic heterocycles. The molecule has 1 aliphatic heterocycles. The summed E-state index contributed by atoms with van der Waals surface area (Å²) in [7, 11) is 1.69. The molecule has 2 aliphatic rings. The fourth-order valence-corrected chi connectivity index (χ4v) is 3.64. The molecule has 0 amide bonds. The molecule has 3 rings (SSSR count). The normalized spacial score (nSPS) is 20.4. The molecule has 2 N–H and O–H groups in total. The SMILES string of the molecule is CCOCCCNC(=NCc1ccc(OC)cc1)NCC1CCN(C2CC2)C1. The average Bonchev–Trinajstić information content (AvgIpc) is 3.48. The quantitative estimate of drug-likeness (QED) is 0.347. The number of guanidine groups is 1. The van der Waals surface area contributed by atoms with Crippen LogP contribution in [-0.2, 0) is 11.3 Å². The number of nitrogens with zero attached hydrogens (tertiary/aromatic N) is 2. The van der Waals surface area contributed by atoms with Gasteiger partial charge in [0.2, 0.25) is 0 Å². The first-order valence-electron chi connectivity index (χ1n) is 10.8. The summed E-state index contributed by atoms with van der Waals surface area (Å²) in [6.07, 6.45) is 5.07. The van der Waals surface area contributed by atoms with E-state index in [1.54, 1.807) is 7.11 Å². The molecule has 6 nitrogen and oxygen atoms in total. The van der Waals surface area contributed by atoms with E-state index in [1.165, 1.54) is 37.9 Å². The number of ether oxygens (including phenoxy) is 2. The lowest BCUT2D eigenvalue weighted by atomic mass is 10.1. The molecule has 28 heavy (non-hydrogen) atoms. The number of rotatable bonds is 11. The molecule has 1 unspecified atom stereocenters. The number of hydrogen-bond acceptors (Lipinski definition) is 4. The Morgan fingerprint density at radius 2 is 2.00 bits per heavy atom. The first kappa shape index (κ1) is 20.9. The van der Waals surface area contributed by atoms with Crippen LogP contribution in [0.3, 0.4) is 0 Å². The molecule has 2 fully saturated rings. The van der Waals surface area contributed by atoms with E-state index in [9.17, 15) is 0 Å². The van der Waals surface area contributed by atoms with Crippen molar-refractivity contribution < 1.29 is 9.47 Å². The molecule has 1 atom stereocenters. The van der Waals surface area contributed by atoms with Gasteiger partial charge in [0.1, 0.15) is 5.75 Å². The second kappa shape index (κ2) is 11.3. The highest BCUT2D eigenvalue weighted by Crippen LogP contribution is 2.31. The fourth-order valence-electron chi connectivity index (χ4n) is 3.64. The molecule has 1 aromatic rings. The Balaban J connectivity index is 1.47. The van der Waals surface area contributed by atoms with Gasteiger partial charge in [0.05, 0.1) is 13.7 Å². The van der Waals surface area contributed by atoms with Crippen molar-refractivity contribution in [3.8, 4) is 5.75 Å². The van der Waals surface area contributed by atoms with E-state index in [4.69, 9.17) is 14.5 Å². The summed E-state index contributed by atoms with van der Waals surface area (Å²) in [4.78, 5) is 7.46. The van der Waals surface area contributed by atoms with Gasteiger partial charge in [0, 0.05) is 38.9 Å². The van der Waals surface area contributed by atoms with Gasteiger partial charge in [-0.15, -0.1) is 0 Å². The standard InChI is InChI=1S/C22H36N4O2/c1-3-28-14-4-12-23-22(24-15-18-5-9-21(27-2)10-6-18)25-16-19-11-13-26(17-19)20-7-8-20/h5-6,9-10,19-20H,3-4,7-8,11-17H2,1-2H3,(H2,23,24,25). The van der Waals surface area contributed by atoms with Gasteiger partial charge in [-0.2, -0.15) is 0 Å². The van der Waals surface area contributed by atoms with Crippen molar-refractivity contribution in [2.24, 2.45) is 10.9 Å². The number of likely N-dealkylation sites (tertiary alicyclic amines) is 1. The van der Waals surface area contributed by atoms with E-state index in [1.807, 2.05) is 19.1 Å². The maximum Gasteiger partial charge on any atom is 0.191 e. The molecule has 1 saturated carbocycles. The molecule has 0 radical (unpaired) electrons. The topological polar surface area (TPSA) is 58.1 Å². The maximum absolute atomic E-state index is 5.43. The van der Waals surface area contributed by atoms with E-state index in [0.717, 1.165) is 56.4 Å². The Hall–Kier alpha value is -1.79. The third kappa shape index (κ3) is 6.99. The lowest BCUT2D eigenvalue weighted by Crippen LogP contribution is -2.41. The monoisotopic (exact) mass is 388 g/mol. The average molecular weight is 389 g/mol. The van der Waals surface area contributed by atoms with Crippen LogP contribution in [0.2, 0.25) is 0 Å². The van der Waals surface area contributed by atoms with E-state index >= 15 is 0 Å². The predicted molar refractivity (Wildman–Crippen MR) is 114 cm³/mol. The van der Waals surface area contributed by atoms with Crippen LogP contribution in [0.1, 0.15) is 38.2 Å². The zero-order valence-electron chi connectivity index (χ0n) is 17.5. The summed E-state index contributed by atoms with van der Waals surface area (Å²) in [5, 5.41) is 7.03. The fraction of sp³-hybridized carbons (Fsp3) is 0.682. The lowest BCUT2D eigenvalue weighted by Gasteiger charge is -2.17. The van der Waals surface area contributed by atoms with E-state index in [2.05, 4.69) is 27.7 Å². The van der Waals surface area contributed by atoms with Crippen LogP contribution in [0.4, 0.5) is 0 Å². The first-order chi connectivity index (χ1) is 13.8. The lowest BCUT2D eigenvalue weighted by molar-refractivity contribution is 0.145. The zero-order valence-corrected chi connectivity index (χ0v) is 17.5. The van der Waals surface area contributed by atoms with Gasteiger partial charge in [0.25, 0.3) is 0 Å². The van der Waals surface area contributed by atoms with Crippen LogP contribution in [-0.4, -0.2) is 63.4 Å². The molecular formula is C22H36N4O2. The van der Waals surface area contributed by atoms with Gasteiger partial charge in [-0.25, -0.2) is 4.99 Å². The number of aliphatic imine (C=N–C) groups is 1. The van der Waals surface area contributed by atoms with Gasteiger partial charge in [-0.1, -0.05) is 12.1 Å². The highest BCUT2D eigenvalue weighted by Gasteiger charge is 2.34. The van der Waals surface area contributed by atoms with E-state index < -0.39 is 0 Å². The highest BCUT2D eigenvalue weighted by molar-refractivity contribution is 5.79. The van der Waals surface area contributed by atoms with Crippen LogP contribution < -0.4 is 15.4 Å². The van der Waals surface area contributed by atoms with Crippen LogP contribution >= 0.6 is 0 Å². The molecule has 0 spiro atoms. The van der Waals surface area contributed by atoms with Crippen molar-refractivity contribution in [2.45, 2.75) is 45.2 Å². The Morgan fingerprint density at radius 3 is 2.71 bits per heavy atom. The predicted octanol–water partition coefficient (Wildman–Crippen LogP) is 2.64. The van der Waals surface area contributed by atoms with Crippen LogP contribution in [0, 0.1) is 5.92 Å². The molecule has 1 aromatic carbocycles. The minimum absolute atomic E-state index is 0.656. The maximum atomic E-state index is 5.43.